The summed E-state index contributed by atoms with van der Waals surface area (Å²) in [5.74, 6) is 2.36. The second-order valence-corrected chi connectivity index (χ2v) is 3.91. The van der Waals surface area contributed by atoms with Crippen LogP contribution < -0.4 is 19.9 Å². The number of methoxy groups -OCH3 is 2. The molecule has 0 radical (unpaired) electrons. The van der Waals surface area contributed by atoms with Gasteiger partial charge >= 0.3 is 0 Å². The molecule has 2 rings (SSSR count). The third kappa shape index (κ3) is 3.09. The first-order valence-electron chi connectivity index (χ1n) is 5.88. The predicted octanol–water partition coefficient (Wildman–Crippen LogP) is 1.63. The topological polar surface area (TPSA) is 82.4 Å². The molecule has 0 fully saturated rings. The Morgan fingerprint density at radius 1 is 1.21 bits per heavy atom. The Labute approximate surface area is 111 Å². The molecule has 19 heavy (non-hydrogen) atoms. The molecule has 2 aromatic rings. The second-order valence-electron chi connectivity index (χ2n) is 3.91. The van der Waals surface area contributed by atoms with Crippen LogP contribution in [0.5, 0.6) is 17.2 Å². The molecule has 0 unspecified atom stereocenters. The molecule has 0 saturated carbocycles. The first-order chi connectivity index (χ1) is 9.24. The van der Waals surface area contributed by atoms with Gasteiger partial charge in [-0.25, -0.2) is 0 Å². The van der Waals surface area contributed by atoms with Crippen LogP contribution in [0, 0.1) is 0 Å². The van der Waals surface area contributed by atoms with Gasteiger partial charge in [-0.1, -0.05) is 6.07 Å². The SMILES string of the molecule is COc1cccc(OCCc2cc(N)n[nH]2)c1OC. The quantitative estimate of drug-likeness (QED) is 0.827. The number of anilines is 1. The van der Waals surface area contributed by atoms with Crippen molar-refractivity contribution in [2.75, 3.05) is 26.6 Å². The maximum absolute atomic E-state index is 5.69. The van der Waals surface area contributed by atoms with Crippen molar-refractivity contribution in [2.24, 2.45) is 0 Å². The zero-order valence-electron chi connectivity index (χ0n) is 11.0. The van der Waals surface area contributed by atoms with Crippen molar-refractivity contribution in [1.29, 1.82) is 0 Å². The van der Waals surface area contributed by atoms with E-state index in [0.29, 0.717) is 36.1 Å². The Hall–Kier alpha value is -2.37. The third-order valence-corrected chi connectivity index (χ3v) is 2.65. The van der Waals surface area contributed by atoms with Gasteiger partial charge < -0.3 is 19.9 Å². The lowest BCUT2D eigenvalue weighted by atomic mass is 10.3. The average molecular weight is 263 g/mol. The fourth-order valence-corrected chi connectivity index (χ4v) is 1.75. The number of nitrogens with two attached hydrogens (primary N) is 1. The number of ether oxygens (including phenoxy) is 3. The van der Waals surface area contributed by atoms with E-state index in [1.165, 1.54) is 0 Å². The number of aromatic amines is 1. The number of benzene rings is 1. The van der Waals surface area contributed by atoms with Crippen molar-refractivity contribution in [1.82, 2.24) is 10.2 Å². The summed E-state index contributed by atoms with van der Waals surface area (Å²) in [7, 11) is 3.18. The van der Waals surface area contributed by atoms with Gasteiger partial charge in [0, 0.05) is 18.2 Å². The molecular formula is C13H17N3O3. The van der Waals surface area contributed by atoms with Crippen LogP contribution in [-0.4, -0.2) is 31.0 Å². The summed E-state index contributed by atoms with van der Waals surface area (Å²) in [6.45, 7) is 0.491. The number of rotatable bonds is 6. The lowest BCUT2D eigenvalue weighted by Crippen LogP contribution is -2.03. The maximum Gasteiger partial charge on any atom is 0.203 e. The van der Waals surface area contributed by atoms with Gasteiger partial charge in [0.05, 0.1) is 20.8 Å². The van der Waals surface area contributed by atoms with Crippen molar-refractivity contribution >= 4 is 5.82 Å². The standard InChI is InChI=1S/C13H17N3O3/c1-17-10-4-3-5-11(13(10)18-2)19-7-6-9-8-12(14)16-15-9/h3-5,8H,6-7H2,1-2H3,(H3,14,15,16). The smallest absolute Gasteiger partial charge is 0.203 e. The number of H-pyrrole nitrogens is 1. The lowest BCUT2D eigenvalue weighted by Gasteiger charge is -2.13. The maximum atomic E-state index is 5.69. The molecule has 6 nitrogen and oxygen atoms in total. The Morgan fingerprint density at radius 2 is 2.00 bits per heavy atom. The van der Waals surface area contributed by atoms with Crippen LogP contribution in [0.3, 0.4) is 0 Å². The van der Waals surface area contributed by atoms with E-state index in [4.69, 9.17) is 19.9 Å². The zero-order valence-corrected chi connectivity index (χ0v) is 11.0. The van der Waals surface area contributed by atoms with E-state index in [-0.39, 0.29) is 0 Å². The molecule has 0 amide bonds. The van der Waals surface area contributed by atoms with Gasteiger partial charge in [-0.3, -0.25) is 5.10 Å². The minimum absolute atomic E-state index is 0.481. The van der Waals surface area contributed by atoms with Crippen LogP contribution in [0.1, 0.15) is 5.69 Å². The van der Waals surface area contributed by atoms with Gasteiger partial charge in [0.1, 0.15) is 5.82 Å². The molecule has 1 aromatic heterocycles. The summed E-state index contributed by atoms with van der Waals surface area (Å²) in [5.41, 5.74) is 6.46. The van der Waals surface area contributed by atoms with Gasteiger partial charge in [-0.15, -0.1) is 0 Å². The van der Waals surface area contributed by atoms with Crippen molar-refractivity contribution in [2.45, 2.75) is 6.42 Å². The largest absolute Gasteiger partial charge is 0.493 e. The summed E-state index contributed by atoms with van der Waals surface area (Å²) in [6.07, 6.45) is 0.685. The molecule has 0 atom stereocenters. The minimum atomic E-state index is 0.481. The highest BCUT2D eigenvalue weighted by atomic mass is 16.5. The van der Waals surface area contributed by atoms with E-state index < -0.39 is 0 Å². The molecule has 1 aromatic carbocycles. The van der Waals surface area contributed by atoms with E-state index in [1.807, 2.05) is 18.2 Å². The number of para-hydroxylation sites is 1. The lowest BCUT2D eigenvalue weighted by molar-refractivity contribution is 0.286. The average Bonchev–Trinajstić information content (AvgIpc) is 2.84. The molecular weight excluding hydrogens is 246 g/mol. The number of aromatic nitrogens is 2. The van der Waals surface area contributed by atoms with Gasteiger partial charge in [-0.05, 0) is 12.1 Å². The van der Waals surface area contributed by atoms with Crippen LogP contribution in [-0.2, 0) is 6.42 Å². The molecule has 3 N–H and O–H groups in total. The van der Waals surface area contributed by atoms with Crippen LogP contribution in [0.15, 0.2) is 24.3 Å². The number of hydrogen-bond donors (Lipinski definition) is 2. The Balaban J connectivity index is 1.99. The number of nitrogens with one attached hydrogen (secondary N) is 1. The summed E-state index contributed by atoms with van der Waals surface area (Å²) in [4.78, 5) is 0. The van der Waals surface area contributed by atoms with Gasteiger partial charge in [0.25, 0.3) is 0 Å². The molecule has 0 spiro atoms. The highest BCUT2D eigenvalue weighted by molar-refractivity contribution is 5.51. The number of hydrogen-bond acceptors (Lipinski definition) is 5. The first-order valence-corrected chi connectivity index (χ1v) is 5.88. The van der Waals surface area contributed by atoms with E-state index in [1.54, 1.807) is 20.3 Å². The van der Waals surface area contributed by atoms with E-state index >= 15 is 0 Å². The highest BCUT2D eigenvalue weighted by Crippen LogP contribution is 2.36. The molecule has 1 heterocycles. The predicted molar refractivity (Wildman–Crippen MR) is 71.7 cm³/mol. The van der Waals surface area contributed by atoms with Crippen molar-refractivity contribution < 1.29 is 14.2 Å². The van der Waals surface area contributed by atoms with Crippen LogP contribution in [0.4, 0.5) is 5.82 Å². The third-order valence-electron chi connectivity index (χ3n) is 2.65. The first kappa shape index (κ1) is 13.1. The van der Waals surface area contributed by atoms with Crippen molar-refractivity contribution in [3.63, 3.8) is 0 Å². The minimum Gasteiger partial charge on any atom is -0.493 e. The van der Waals surface area contributed by atoms with Gasteiger partial charge in [0.2, 0.25) is 5.75 Å². The molecule has 0 saturated heterocycles. The van der Waals surface area contributed by atoms with Gasteiger partial charge in [-0.2, -0.15) is 5.10 Å². The fourth-order valence-electron chi connectivity index (χ4n) is 1.75. The fraction of sp³-hybridized carbons (Fsp3) is 0.308. The van der Waals surface area contributed by atoms with Gasteiger partial charge in [0.15, 0.2) is 11.5 Å². The molecule has 0 aliphatic carbocycles. The Bertz CT molecular complexity index is 540. The van der Waals surface area contributed by atoms with Crippen LogP contribution in [0.25, 0.3) is 0 Å². The number of nitrogen functional groups attached to an aromatic ring is 1. The molecule has 0 bridgehead atoms. The summed E-state index contributed by atoms with van der Waals surface area (Å²) in [5, 5.41) is 6.69. The van der Waals surface area contributed by atoms with Crippen LogP contribution >= 0.6 is 0 Å². The van der Waals surface area contributed by atoms with E-state index in [9.17, 15) is 0 Å². The summed E-state index contributed by atoms with van der Waals surface area (Å²) >= 11 is 0. The summed E-state index contributed by atoms with van der Waals surface area (Å²) in [6, 6.07) is 7.29. The van der Waals surface area contributed by atoms with Crippen LogP contribution in [0.2, 0.25) is 0 Å². The monoisotopic (exact) mass is 263 g/mol. The van der Waals surface area contributed by atoms with E-state index in [2.05, 4.69) is 10.2 Å². The Kier molecular flexibility index (Phi) is 4.12. The summed E-state index contributed by atoms with van der Waals surface area (Å²) < 4.78 is 16.2. The molecule has 0 aliphatic heterocycles. The highest BCUT2D eigenvalue weighted by Gasteiger charge is 2.10. The second kappa shape index (κ2) is 5.99. The molecule has 0 aliphatic rings. The Morgan fingerprint density at radius 3 is 2.63 bits per heavy atom. The number of nitrogens with zero attached hydrogens (tertiary/aromatic N) is 1. The van der Waals surface area contributed by atoms with Crippen molar-refractivity contribution in [3.8, 4) is 17.2 Å². The zero-order chi connectivity index (χ0) is 13.7. The molecule has 6 heteroatoms. The van der Waals surface area contributed by atoms with E-state index in [0.717, 1.165) is 5.69 Å². The van der Waals surface area contributed by atoms with Crippen molar-refractivity contribution in [3.05, 3.63) is 30.0 Å². The normalized spacial score (nSPS) is 10.2. The molecule has 102 valence electrons.